The van der Waals surface area contributed by atoms with Gasteiger partial charge >= 0.3 is 0 Å². The minimum absolute atomic E-state index is 0.241. The van der Waals surface area contributed by atoms with Crippen LogP contribution >= 0.6 is 0 Å². The van der Waals surface area contributed by atoms with E-state index < -0.39 is 0 Å². The van der Waals surface area contributed by atoms with Crippen molar-refractivity contribution in [2.24, 2.45) is 5.92 Å². The van der Waals surface area contributed by atoms with Crippen LogP contribution in [0.3, 0.4) is 0 Å². The average molecular weight is 366 g/mol. The number of pyridine rings is 1. The highest BCUT2D eigenvalue weighted by atomic mass is 16.2. The molecule has 2 fully saturated rings. The Morgan fingerprint density at radius 2 is 1.67 bits per heavy atom. The van der Waals surface area contributed by atoms with Crippen LogP contribution in [0.5, 0.6) is 0 Å². The molecule has 27 heavy (non-hydrogen) atoms. The molecule has 2 amide bonds. The maximum atomic E-state index is 12.2. The van der Waals surface area contributed by atoms with Crippen molar-refractivity contribution in [3.63, 3.8) is 0 Å². The van der Waals surface area contributed by atoms with Gasteiger partial charge in [0.25, 0.3) is 5.91 Å². The lowest BCUT2D eigenvalue weighted by atomic mass is 10.2. The molecule has 7 nitrogen and oxygen atoms in total. The second kappa shape index (κ2) is 7.26. The van der Waals surface area contributed by atoms with Gasteiger partial charge in [0, 0.05) is 55.7 Å². The fourth-order valence-electron chi connectivity index (χ4n) is 3.28. The predicted octanol–water partition coefficient (Wildman–Crippen LogP) is 1.69. The number of aromatic nitrogens is 1. The lowest BCUT2D eigenvalue weighted by molar-refractivity contribution is -0.132. The van der Waals surface area contributed by atoms with Crippen molar-refractivity contribution >= 4 is 23.2 Å². The SMILES string of the molecule is O=C(Nc1ccc(N2CCN(C(=O)C3CC3)CC2)cc1)c1ccc(=O)[nH]c1. The molecule has 2 aliphatic rings. The van der Waals surface area contributed by atoms with Gasteiger partial charge in [-0.05, 0) is 43.2 Å². The van der Waals surface area contributed by atoms with Gasteiger partial charge in [0.1, 0.15) is 0 Å². The molecule has 1 saturated carbocycles. The number of carbonyl (C=O) groups excluding carboxylic acids is 2. The molecule has 2 aromatic rings. The fraction of sp³-hybridized carbons (Fsp3) is 0.350. The summed E-state index contributed by atoms with van der Waals surface area (Å²) < 4.78 is 0. The van der Waals surface area contributed by atoms with Gasteiger partial charge in [-0.25, -0.2) is 0 Å². The first-order valence-electron chi connectivity index (χ1n) is 9.24. The van der Waals surface area contributed by atoms with Crippen molar-refractivity contribution in [1.82, 2.24) is 9.88 Å². The first-order valence-corrected chi connectivity index (χ1v) is 9.24. The van der Waals surface area contributed by atoms with Crippen LogP contribution in [0.25, 0.3) is 0 Å². The highest BCUT2D eigenvalue weighted by Gasteiger charge is 2.34. The third-order valence-corrected chi connectivity index (χ3v) is 5.05. The number of amides is 2. The molecule has 0 spiro atoms. The highest BCUT2D eigenvalue weighted by Crippen LogP contribution is 2.31. The maximum Gasteiger partial charge on any atom is 0.257 e. The molecule has 2 N–H and O–H groups in total. The number of piperazine rings is 1. The topological polar surface area (TPSA) is 85.5 Å². The van der Waals surface area contributed by atoms with Crippen LogP contribution < -0.4 is 15.8 Å². The summed E-state index contributed by atoms with van der Waals surface area (Å²) in [6.45, 7) is 3.17. The van der Waals surface area contributed by atoms with E-state index in [2.05, 4.69) is 15.2 Å². The zero-order valence-corrected chi connectivity index (χ0v) is 15.0. The van der Waals surface area contributed by atoms with Crippen molar-refractivity contribution in [1.29, 1.82) is 0 Å². The molecule has 1 saturated heterocycles. The number of rotatable bonds is 4. The van der Waals surface area contributed by atoms with Crippen LogP contribution in [-0.2, 0) is 4.79 Å². The molecule has 7 heteroatoms. The number of nitrogens with one attached hydrogen (secondary N) is 2. The Balaban J connectivity index is 1.33. The van der Waals surface area contributed by atoms with E-state index in [1.165, 1.54) is 18.3 Å². The summed E-state index contributed by atoms with van der Waals surface area (Å²) in [5, 5.41) is 2.82. The van der Waals surface area contributed by atoms with Gasteiger partial charge in [-0.3, -0.25) is 14.4 Å². The Labute approximate surface area is 157 Å². The number of hydrogen-bond donors (Lipinski definition) is 2. The van der Waals surface area contributed by atoms with E-state index in [9.17, 15) is 14.4 Å². The Morgan fingerprint density at radius 1 is 0.963 bits per heavy atom. The van der Waals surface area contributed by atoms with Crippen LogP contribution in [0.4, 0.5) is 11.4 Å². The van der Waals surface area contributed by atoms with Crippen molar-refractivity contribution < 1.29 is 9.59 Å². The van der Waals surface area contributed by atoms with Crippen molar-refractivity contribution in [2.45, 2.75) is 12.8 Å². The largest absolute Gasteiger partial charge is 0.368 e. The van der Waals surface area contributed by atoms with Gasteiger partial charge in [-0.15, -0.1) is 0 Å². The summed E-state index contributed by atoms with van der Waals surface area (Å²) in [7, 11) is 0. The van der Waals surface area contributed by atoms with Crippen LogP contribution in [0.2, 0.25) is 0 Å². The van der Waals surface area contributed by atoms with Gasteiger partial charge in [0.2, 0.25) is 11.5 Å². The van der Waals surface area contributed by atoms with Gasteiger partial charge < -0.3 is 20.1 Å². The first kappa shape index (κ1) is 17.3. The molecule has 2 heterocycles. The number of benzene rings is 1. The van der Waals surface area contributed by atoms with E-state index in [-0.39, 0.29) is 17.4 Å². The Kier molecular flexibility index (Phi) is 4.66. The summed E-state index contributed by atoms with van der Waals surface area (Å²) >= 11 is 0. The van der Waals surface area contributed by atoms with Crippen LogP contribution in [0.1, 0.15) is 23.2 Å². The molecule has 1 aliphatic heterocycles. The van der Waals surface area contributed by atoms with Gasteiger partial charge in [-0.2, -0.15) is 0 Å². The zero-order valence-electron chi connectivity index (χ0n) is 15.0. The standard InChI is InChI=1S/C20H22N4O3/c25-18-8-3-15(13-21-18)19(26)22-16-4-6-17(7-5-16)23-9-11-24(12-10-23)20(27)14-1-2-14/h3-8,13-14H,1-2,9-12H2,(H,21,25)(H,22,26). The van der Waals surface area contributed by atoms with Crippen LogP contribution in [0, 0.1) is 5.92 Å². The molecular weight excluding hydrogens is 344 g/mol. The Bertz CT molecular complexity index is 874. The molecule has 1 aliphatic carbocycles. The average Bonchev–Trinajstić information content (AvgIpc) is 3.54. The lowest BCUT2D eigenvalue weighted by Gasteiger charge is -2.36. The number of anilines is 2. The minimum Gasteiger partial charge on any atom is -0.368 e. The zero-order chi connectivity index (χ0) is 18.8. The molecular formula is C20H22N4O3. The van der Waals surface area contributed by atoms with Gasteiger partial charge in [0.05, 0.1) is 5.56 Å². The number of aromatic amines is 1. The molecule has 1 aromatic heterocycles. The second-order valence-corrected chi connectivity index (χ2v) is 7.03. The van der Waals surface area contributed by atoms with E-state index in [0.717, 1.165) is 44.7 Å². The van der Waals surface area contributed by atoms with Gasteiger partial charge in [0.15, 0.2) is 0 Å². The van der Waals surface area contributed by atoms with Crippen LogP contribution in [-0.4, -0.2) is 47.9 Å². The number of nitrogens with zero attached hydrogens (tertiary/aromatic N) is 2. The van der Waals surface area contributed by atoms with Crippen molar-refractivity contribution in [3.8, 4) is 0 Å². The lowest BCUT2D eigenvalue weighted by Crippen LogP contribution is -2.49. The monoisotopic (exact) mass is 366 g/mol. The second-order valence-electron chi connectivity index (χ2n) is 7.03. The summed E-state index contributed by atoms with van der Waals surface area (Å²) in [4.78, 5) is 42.1. The van der Waals surface area contributed by atoms with E-state index in [1.807, 2.05) is 29.2 Å². The molecule has 0 bridgehead atoms. The van der Waals surface area contributed by atoms with E-state index in [0.29, 0.717) is 17.2 Å². The maximum absolute atomic E-state index is 12.2. The number of H-pyrrole nitrogens is 1. The van der Waals surface area contributed by atoms with Gasteiger partial charge in [-0.1, -0.05) is 0 Å². The summed E-state index contributed by atoms with van der Waals surface area (Å²) in [6.07, 6.45) is 3.49. The quantitative estimate of drug-likeness (QED) is 0.862. The Morgan fingerprint density at radius 3 is 2.26 bits per heavy atom. The highest BCUT2D eigenvalue weighted by molar-refractivity contribution is 6.04. The molecule has 0 unspecified atom stereocenters. The van der Waals surface area contributed by atoms with E-state index >= 15 is 0 Å². The summed E-state index contributed by atoms with van der Waals surface area (Å²) in [6, 6.07) is 10.5. The molecule has 1 aromatic carbocycles. The number of hydrogen-bond acceptors (Lipinski definition) is 4. The molecule has 0 atom stereocenters. The molecule has 0 radical (unpaired) electrons. The summed E-state index contributed by atoms with van der Waals surface area (Å²) in [5.74, 6) is 0.322. The molecule has 140 valence electrons. The van der Waals surface area contributed by atoms with Crippen molar-refractivity contribution in [3.05, 3.63) is 58.5 Å². The number of carbonyl (C=O) groups is 2. The van der Waals surface area contributed by atoms with Crippen LogP contribution in [0.15, 0.2) is 47.4 Å². The normalized spacial score (nSPS) is 16.9. The Hall–Kier alpha value is -3.09. The third kappa shape index (κ3) is 4.02. The smallest absolute Gasteiger partial charge is 0.257 e. The first-order chi connectivity index (χ1) is 13.1. The molecule has 4 rings (SSSR count). The van der Waals surface area contributed by atoms with E-state index in [4.69, 9.17) is 0 Å². The summed E-state index contributed by atoms with van der Waals surface area (Å²) in [5.41, 5.74) is 1.93. The minimum atomic E-state index is -0.272. The third-order valence-electron chi connectivity index (χ3n) is 5.05. The predicted molar refractivity (Wildman–Crippen MR) is 103 cm³/mol. The van der Waals surface area contributed by atoms with Crippen molar-refractivity contribution in [2.75, 3.05) is 36.4 Å². The van der Waals surface area contributed by atoms with E-state index in [1.54, 1.807) is 0 Å². The fourth-order valence-corrected chi connectivity index (χ4v) is 3.28.